The summed E-state index contributed by atoms with van der Waals surface area (Å²) in [7, 11) is 0. The Labute approximate surface area is 163 Å². The topological polar surface area (TPSA) is 91.6 Å². The predicted octanol–water partition coefficient (Wildman–Crippen LogP) is 2.96. The van der Waals surface area contributed by atoms with Gasteiger partial charge in [-0.2, -0.15) is 5.10 Å². The average Bonchev–Trinajstić information content (AvgIpc) is 2.92. The molecular weight excluding hydrogens is 443 g/mol. The maximum Gasteiger partial charge on any atom is 0.258 e. The Kier molecular flexibility index (Phi) is 4.14. The number of nitrogens with two attached hydrogens (primary N) is 1. The third kappa shape index (κ3) is 2.64. The van der Waals surface area contributed by atoms with Crippen molar-refractivity contribution in [2.24, 2.45) is 0 Å². The molecule has 0 spiro atoms. The maximum atomic E-state index is 13.0. The van der Waals surface area contributed by atoms with E-state index in [2.05, 4.69) is 37.7 Å². The smallest absolute Gasteiger partial charge is 0.258 e. The number of benzene rings is 1. The van der Waals surface area contributed by atoms with Gasteiger partial charge in [0.15, 0.2) is 5.65 Å². The molecule has 0 unspecified atom stereocenters. The molecule has 3 heterocycles. The van der Waals surface area contributed by atoms with Crippen LogP contribution in [0.15, 0.2) is 41.5 Å². The molecule has 132 valence electrons. The Morgan fingerprint density at radius 2 is 2.00 bits per heavy atom. The molecule has 8 heteroatoms. The number of fused-ring (bicyclic) bond motifs is 2. The second-order valence-electron chi connectivity index (χ2n) is 6.40. The number of nitrogen functional groups attached to an aromatic ring is 1. The minimum absolute atomic E-state index is 0.00778. The maximum absolute atomic E-state index is 13.0. The van der Waals surface area contributed by atoms with E-state index >= 15 is 0 Å². The number of anilines is 1. The monoisotopic (exact) mass is 460 g/mol. The molecule has 0 aliphatic heterocycles. The molecule has 7 nitrogen and oxygen atoms in total. The summed E-state index contributed by atoms with van der Waals surface area (Å²) in [6, 6.07) is 9.71. The highest BCUT2D eigenvalue weighted by Gasteiger charge is 2.17. The second-order valence-corrected chi connectivity index (χ2v) is 7.42. The van der Waals surface area contributed by atoms with Crippen LogP contribution in [0.25, 0.3) is 21.8 Å². The second kappa shape index (κ2) is 6.35. The van der Waals surface area contributed by atoms with Crippen molar-refractivity contribution in [1.29, 1.82) is 0 Å². The Bertz CT molecular complexity index is 1190. The number of rotatable bonds is 3. The lowest BCUT2D eigenvalue weighted by Crippen LogP contribution is -2.26. The first-order valence-corrected chi connectivity index (χ1v) is 9.31. The normalized spacial score (nSPS) is 11.7. The molecule has 2 N–H and O–H groups in total. The first-order valence-electron chi connectivity index (χ1n) is 8.23. The van der Waals surface area contributed by atoms with Crippen LogP contribution < -0.4 is 11.3 Å². The largest absolute Gasteiger partial charge is 0.383 e. The Balaban J connectivity index is 1.95. The minimum atomic E-state index is 0.00778. The highest BCUT2D eigenvalue weighted by molar-refractivity contribution is 14.1. The van der Waals surface area contributed by atoms with Crippen molar-refractivity contribution in [3.8, 4) is 0 Å². The summed E-state index contributed by atoms with van der Waals surface area (Å²) in [5.41, 5.74) is 7.52. The van der Waals surface area contributed by atoms with Crippen molar-refractivity contribution in [1.82, 2.24) is 24.3 Å². The quantitative estimate of drug-likeness (QED) is 0.475. The van der Waals surface area contributed by atoms with Crippen LogP contribution >= 0.6 is 22.6 Å². The summed E-state index contributed by atoms with van der Waals surface area (Å²) in [6.07, 6.45) is 1.43. The fourth-order valence-electron chi connectivity index (χ4n) is 3.26. The van der Waals surface area contributed by atoms with Crippen LogP contribution in [-0.4, -0.2) is 24.3 Å². The van der Waals surface area contributed by atoms with Gasteiger partial charge in [-0.3, -0.25) is 4.79 Å². The molecule has 4 aromatic rings. The van der Waals surface area contributed by atoms with E-state index in [1.165, 1.54) is 6.33 Å². The third-order valence-electron chi connectivity index (χ3n) is 4.39. The van der Waals surface area contributed by atoms with Gasteiger partial charge >= 0.3 is 0 Å². The SMILES string of the molecule is CC(C)n1c(Cn2nc(I)c3c(N)ncnc32)cc2ccccc2c1=O. The van der Waals surface area contributed by atoms with Crippen LogP contribution in [0.4, 0.5) is 5.82 Å². The van der Waals surface area contributed by atoms with Crippen molar-refractivity contribution in [3.63, 3.8) is 0 Å². The molecule has 0 fully saturated rings. The molecule has 0 saturated carbocycles. The van der Waals surface area contributed by atoms with E-state index in [0.29, 0.717) is 18.0 Å². The molecule has 3 aromatic heterocycles. The van der Waals surface area contributed by atoms with Gasteiger partial charge in [-0.1, -0.05) is 18.2 Å². The zero-order valence-corrected chi connectivity index (χ0v) is 16.5. The van der Waals surface area contributed by atoms with Crippen LogP contribution in [0.2, 0.25) is 0 Å². The highest BCUT2D eigenvalue weighted by Crippen LogP contribution is 2.24. The van der Waals surface area contributed by atoms with E-state index < -0.39 is 0 Å². The van der Waals surface area contributed by atoms with Crippen molar-refractivity contribution in [3.05, 3.63) is 56.4 Å². The van der Waals surface area contributed by atoms with E-state index in [0.717, 1.165) is 25.6 Å². The molecule has 0 aliphatic rings. The highest BCUT2D eigenvalue weighted by atomic mass is 127. The Hall–Kier alpha value is -2.49. The molecule has 4 rings (SSSR count). The van der Waals surface area contributed by atoms with E-state index in [9.17, 15) is 4.79 Å². The number of aromatic nitrogens is 5. The molecule has 0 amide bonds. The first-order chi connectivity index (χ1) is 12.5. The van der Waals surface area contributed by atoms with Crippen molar-refractivity contribution < 1.29 is 0 Å². The summed E-state index contributed by atoms with van der Waals surface area (Å²) in [4.78, 5) is 21.4. The number of nitrogens with zero attached hydrogens (tertiary/aromatic N) is 5. The minimum Gasteiger partial charge on any atom is -0.383 e. The summed E-state index contributed by atoms with van der Waals surface area (Å²) < 4.78 is 4.33. The van der Waals surface area contributed by atoms with Crippen LogP contribution in [0.3, 0.4) is 0 Å². The molecule has 26 heavy (non-hydrogen) atoms. The van der Waals surface area contributed by atoms with Crippen molar-refractivity contribution in [2.45, 2.75) is 26.4 Å². The summed E-state index contributed by atoms with van der Waals surface area (Å²) in [6.45, 7) is 4.43. The lowest BCUT2D eigenvalue weighted by molar-refractivity contribution is 0.533. The van der Waals surface area contributed by atoms with Crippen LogP contribution in [0, 0.1) is 3.70 Å². The zero-order valence-electron chi connectivity index (χ0n) is 14.3. The summed E-state index contributed by atoms with van der Waals surface area (Å²) in [5, 5.41) is 6.94. The molecule has 0 bridgehead atoms. The van der Waals surface area contributed by atoms with Crippen molar-refractivity contribution >= 4 is 50.2 Å². The summed E-state index contributed by atoms with van der Waals surface area (Å²) >= 11 is 2.13. The molecule has 0 atom stereocenters. The molecule has 0 saturated heterocycles. The van der Waals surface area contributed by atoms with E-state index in [1.54, 1.807) is 4.68 Å². The Morgan fingerprint density at radius 3 is 2.77 bits per heavy atom. The van der Waals surface area contributed by atoms with Crippen LogP contribution in [-0.2, 0) is 6.54 Å². The van der Waals surface area contributed by atoms with E-state index in [-0.39, 0.29) is 11.6 Å². The average molecular weight is 460 g/mol. The fraction of sp³-hybridized carbons (Fsp3) is 0.222. The van der Waals surface area contributed by atoms with Gasteiger partial charge in [-0.25, -0.2) is 14.6 Å². The van der Waals surface area contributed by atoms with Gasteiger partial charge in [0.2, 0.25) is 0 Å². The Morgan fingerprint density at radius 1 is 1.23 bits per heavy atom. The van der Waals surface area contributed by atoms with Gasteiger partial charge in [-0.15, -0.1) is 0 Å². The molecular formula is C18H17IN6O. The number of pyridine rings is 1. The van der Waals surface area contributed by atoms with Gasteiger partial charge in [0.25, 0.3) is 5.56 Å². The van der Waals surface area contributed by atoms with Crippen molar-refractivity contribution in [2.75, 3.05) is 5.73 Å². The lowest BCUT2D eigenvalue weighted by atomic mass is 10.1. The first kappa shape index (κ1) is 17.0. The predicted molar refractivity (Wildman–Crippen MR) is 110 cm³/mol. The number of halogens is 1. The van der Waals surface area contributed by atoms with Gasteiger partial charge in [0, 0.05) is 17.1 Å². The standard InChI is InChI=1S/C18H17IN6O/c1-10(2)25-12(7-11-5-3-4-6-13(11)18(25)26)8-24-17-14(15(19)23-24)16(20)21-9-22-17/h3-7,9-10H,8H2,1-2H3,(H2,20,21,22). The fourth-order valence-corrected chi connectivity index (χ4v) is 4.04. The number of hydrogen-bond donors (Lipinski definition) is 1. The third-order valence-corrected chi connectivity index (χ3v) is 5.14. The van der Waals surface area contributed by atoms with Gasteiger partial charge in [-0.05, 0) is 54.0 Å². The van der Waals surface area contributed by atoms with E-state index in [4.69, 9.17) is 5.73 Å². The zero-order chi connectivity index (χ0) is 18.4. The molecule has 0 aliphatic carbocycles. The summed E-state index contributed by atoms with van der Waals surface area (Å²) in [5.74, 6) is 0.408. The van der Waals surface area contributed by atoms with Gasteiger partial charge < -0.3 is 10.3 Å². The lowest BCUT2D eigenvalue weighted by Gasteiger charge is -2.18. The van der Waals surface area contributed by atoms with Gasteiger partial charge in [0.05, 0.1) is 11.9 Å². The van der Waals surface area contributed by atoms with Crippen LogP contribution in [0.5, 0.6) is 0 Å². The van der Waals surface area contributed by atoms with Gasteiger partial charge in [0.1, 0.15) is 15.8 Å². The molecule has 1 aromatic carbocycles. The van der Waals surface area contributed by atoms with Crippen LogP contribution in [0.1, 0.15) is 25.6 Å². The van der Waals surface area contributed by atoms with E-state index in [1.807, 2.05) is 48.7 Å². The number of hydrogen-bond acceptors (Lipinski definition) is 5. The molecule has 0 radical (unpaired) electrons.